The van der Waals surface area contributed by atoms with Crippen molar-refractivity contribution >= 4 is 5.70 Å². The second kappa shape index (κ2) is 12.0. The molecular weight excluding hydrogens is 501 g/mol. The van der Waals surface area contributed by atoms with Crippen LogP contribution in [0.25, 0.3) is 16.8 Å². The lowest BCUT2D eigenvalue weighted by Gasteiger charge is -2.46. The highest BCUT2D eigenvalue weighted by molar-refractivity contribution is 5.68. The molecule has 3 heterocycles. The summed E-state index contributed by atoms with van der Waals surface area (Å²) in [5.41, 5.74) is 2.55. The van der Waals surface area contributed by atoms with Crippen molar-refractivity contribution in [2.45, 2.75) is 76.4 Å². The van der Waals surface area contributed by atoms with Crippen LogP contribution in [0.15, 0.2) is 43.2 Å². The summed E-state index contributed by atoms with van der Waals surface area (Å²) < 4.78 is 40.8. The molecule has 2 aromatic rings. The van der Waals surface area contributed by atoms with E-state index in [0.29, 0.717) is 12.3 Å². The third-order valence-corrected chi connectivity index (χ3v) is 9.35. The molecule has 2 unspecified atom stereocenters. The van der Waals surface area contributed by atoms with Crippen LogP contribution in [0.3, 0.4) is 0 Å². The van der Waals surface area contributed by atoms with Crippen molar-refractivity contribution in [3.05, 3.63) is 54.6 Å². The molecule has 2 saturated heterocycles. The second-order valence-electron chi connectivity index (χ2n) is 11.8. The number of aliphatic hydroxyl groups is 1. The van der Waals surface area contributed by atoms with Gasteiger partial charge in [0.2, 0.25) is 0 Å². The first-order valence-corrected chi connectivity index (χ1v) is 14.6. The third kappa shape index (κ3) is 6.32. The van der Waals surface area contributed by atoms with Crippen LogP contribution in [0, 0.1) is 11.3 Å². The molecule has 1 saturated carbocycles. The molecule has 5 nitrogen and oxygen atoms in total. The summed E-state index contributed by atoms with van der Waals surface area (Å²) in [6.07, 6.45) is 7.72. The summed E-state index contributed by atoms with van der Waals surface area (Å²) >= 11 is 0. The van der Waals surface area contributed by atoms with Crippen LogP contribution in [0.5, 0.6) is 0 Å². The number of benzene rings is 1. The molecule has 3 fully saturated rings. The second-order valence-corrected chi connectivity index (χ2v) is 11.8. The largest absolute Gasteiger partial charge is 0.395 e. The van der Waals surface area contributed by atoms with E-state index >= 15 is 0 Å². The van der Waals surface area contributed by atoms with Gasteiger partial charge in [-0.05, 0) is 81.5 Å². The van der Waals surface area contributed by atoms with E-state index in [9.17, 15) is 18.3 Å². The van der Waals surface area contributed by atoms with Crippen LogP contribution in [-0.2, 0) is 6.42 Å². The number of likely N-dealkylation sites (tertiary alicyclic amines) is 2. The standard InChI is InChI=1S/C31H41F3N4O/c1-23(38-17-3-6-28(38)21-39)25-8-10-26(11-9-25)27-19-35-29(36-20-27)12-7-24-5-2-16-37(18-13-24)22-30(14-4-15-30)31(32,33)34/h8-11,19-20,24,28,39H,1-7,12-18,21-22H2. The summed E-state index contributed by atoms with van der Waals surface area (Å²) in [4.78, 5) is 13.5. The van der Waals surface area contributed by atoms with E-state index in [1.807, 2.05) is 12.4 Å². The van der Waals surface area contributed by atoms with Crippen LogP contribution < -0.4 is 0 Å². The molecule has 0 radical (unpaired) electrons. The first-order valence-electron chi connectivity index (χ1n) is 14.6. The summed E-state index contributed by atoms with van der Waals surface area (Å²) in [5, 5.41) is 9.62. The average molecular weight is 543 g/mol. The zero-order valence-corrected chi connectivity index (χ0v) is 22.8. The molecule has 0 bridgehead atoms. The van der Waals surface area contributed by atoms with Gasteiger partial charge in [0.15, 0.2) is 0 Å². The van der Waals surface area contributed by atoms with Gasteiger partial charge in [-0.25, -0.2) is 9.97 Å². The quantitative estimate of drug-likeness (QED) is 0.401. The minimum atomic E-state index is -4.09. The van der Waals surface area contributed by atoms with Crippen molar-refractivity contribution in [3.63, 3.8) is 0 Å². The van der Waals surface area contributed by atoms with Crippen LogP contribution in [0.1, 0.15) is 69.2 Å². The predicted octanol–water partition coefficient (Wildman–Crippen LogP) is 6.34. The van der Waals surface area contributed by atoms with E-state index in [4.69, 9.17) is 0 Å². The smallest absolute Gasteiger partial charge is 0.394 e. The minimum absolute atomic E-state index is 0.155. The highest BCUT2D eigenvalue weighted by Crippen LogP contribution is 2.53. The maximum absolute atomic E-state index is 13.6. The number of nitrogens with zero attached hydrogens (tertiary/aromatic N) is 4. The maximum Gasteiger partial charge on any atom is 0.395 e. The molecule has 1 N–H and O–H groups in total. The summed E-state index contributed by atoms with van der Waals surface area (Å²) in [7, 11) is 0. The lowest BCUT2D eigenvalue weighted by molar-refractivity contribution is -0.256. The number of hydrogen-bond donors (Lipinski definition) is 1. The van der Waals surface area contributed by atoms with E-state index in [1.54, 1.807) is 0 Å². The highest BCUT2D eigenvalue weighted by atomic mass is 19.4. The Bertz CT molecular complexity index is 1100. The molecule has 2 atom stereocenters. The zero-order chi connectivity index (χ0) is 27.5. The Hall–Kier alpha value is -2.45. The lowest BCUT2D eigenvalue weighted by atomic mass is 9.67. The summed E-state index contributed by atoms with van der Waals surface area (Å²) in [6, 6.07) is 8.41. The number of halogens is 3. The van der Waals surface area contributed by atoms with E-state index in [-0.39, 0.29) is 32.0 Å². The molecule has 1 aromatic carbocycles. The Morgan fingerprint density at radius 1 is 0.949 bits per heavy atom. The minimum Gasteiger partial charge on any atom is -0.394 e. The normalized spacial score (nSPS) is 23.8. The van der Waals surface area contributed by atoms with Crippen LogP contribution in [0.2, 0.25) is 0 Å². The summed E-state index contributed by atoms with van der Waals surface area (Å²) in [6.45, 7) is 7.04. The molecule has 2 aliphatic heterocycles. The van der Waals surface area contributed by atoms with Gasteiger partial charge in [0.25, 0.3) is 0 Å². The molecule has 1 aromatic heterocycles. The van der Waals surface area contributed by atoms with Crippen molar-refractivity contribution in [1.29, 1.82) is 0 Å². The fraction of sp³-hybridized carbons (Fsp3) is 0.613. The van der Waals surface area contributed by atoms with Gasteiger partial charge in [-0.3, -0.25) is 0 Å². The van der Waals surface area contributed by atoms with Gasteiger partial charge < -0.3 is 14.9 Å². The van der Waals surface area contributed by atoms with Gasteiger partial charge in [0, 0.05) is 43.2 Å². The highest BCUT2D eigenvalue weighted by Gasteiger charge is 2.58. The fourth-order valence-corrected chi connectivity index (χ4v) is 6.60. The number of aliphatic hydroxyl groups excluding tert-OH is 1. The monoisotopic (exact) mass is 542 g/mol. The number of alkyl halides is 3. The molecule has 8 heteroatoms. The van der Waals surface area contributed by atoms with Crippen molar-refractivity contribution in [2.24, 2.45) is 11.3 Å². The number of rotatable bonds is 9. The van der Waals surface area contributed by atoms with Crippen molar-refractivity contribution in [2.75, 3.05) is 32.8 Å². The SMILES string of the molecule is C=C(c1ccc(-c2cnc(CCC3CCCN(CC4(C(F)(F)F)CCC4)CC3)nc2)cc1)N1CCCC1CO. The Morgan fingerprint density at radius 3 is 2.31 bits per heavy atom. The number of aryl methyl sites for hydroxylation is 1. The first kappa shape index (κ1) is 28.1. The van der Waals surface area contributed by atoms with Crippen molar-refractivity contribution < 1.29 is 18.3 Å². The Kier molecular flexibility index (Phi) is 8.62. The third-order valence-electron chi connectivity index (χ3n) is 9.35. The molecule has 0 spiro atoms. The van der Waals surface area contributed by atoms with Gasteiger partial charge in [-0.2, -0.15) is 13.2 Å². The molecule has 212 valence electrons. The fourth-order valence-electron chi connectivity index (χ4n) is 6.60. The Morgan fingerprint density at radius 2 is 1.67 bits per heavy atom. The van der Waals surface area contributed by atoms with Crippen LogP contribution in [0.4, 0.5) is 13.2 Å². The molecule has 3 aliphatic rings. The number of aromatic nitrogens is 2. The van der Waals surface area contributed by atoms with Gasteiger partial charge in [-0.15, -0.1) is 0 Å². The van der Waals surface area contributed by atoms with Crippen molar-refractivity contribution in [3.8, 4) is 11.1 Å². The van der Waals surface area contributed by atoms with E-state index < -0.39 is 11.6 Å². The van der Waals surface area contributed by atoms with E-state index in [0.717, 1.165) is 92.8 Å². The van der Waals surface area contributed by atoms with E-state index in [1.165, 1.54) is 0 Å². The van der Waals surface area contributed by atoms with Crippen molar-refractivity contribution in [1.82, 2.24) is 19.8 Å². The average Bonchev–Trinajstić information content (AvgIpc) is 3.28. The maximum atomic E-state index is 13.6. The Balaban J connectivity index is 1.10. The van der Waals surface area contributed by atoms with E-state index in [2.05, 4.69) is 50.6 Å². The summed E-state index contributed by atoms with van der Waals surface area (Å²) in [5.74, 6) is 1.32. The molecule has 39 heavy (non-hydrogen) atoms. The molecular formula is C31H41F3N4O. The Labute approximate surface area is 230 Å². The van der Waals surface area contributed by atoms with Gasteiger partial charge >= 0.3 is 6.18 Å². The van der Waals surface area contributed by atoms with Gasteiger partial charge in [0.1, 0.15) is 5.82 Å². The van der Waals surface area contributed by atoms with Gasteiger partial charge in [0.05, 0.1) is 18.1 Å². The molecule has 0 amide bonds. The van der Waals surface area contributed by atoms with Gasteiger partial charge in [-0.1, -0.05) is 37.3 Å². The van der Waals surface area contributed by atoms with Crippen LogP contribution in [-0.4, -0.2) is 69.9 Å². The molecule has 1 aliphatic carbocycles. The predicted molar refractivity (Wildman–Crippen MR) is 148 cm³/mol. The van der Waals surface area contributed by atoms with Crippen LogP contribution >= 0.6 is 0 Å². The first-order chi connectivity index (χ1) is 18.8. The molecule has 5 rings (SSSR count). The lowest BCUT2D eigenvalue weighted by Crippen LogP contribution is -2.52. The zero-order valence-electron chi connectivity index (χ0n) is 22.8. The number of hydrogen-bond acceptors (Lipinski definition) is 5. The topological polar surface area (TPSA) is 52.5 Å².